The van der Waals surface area contributed by atoms with Crippen LogP contribution in [0, 0.1) is 5.92 Å². The highest BCUT2D eigenvalue weighted by atomic mass is 19.4. The van der Waals surface area contributed by atoms with E-state index in [4.69, 9.17) is 0 Å². The van der Waals surface area contributed by atoms with Crippen molar-refractivity contribution in [2.45, 2.75) is 19.0 Å². The Morgan fingerprint density at radius 2 is 1.45 bits per heavy atom. The SMILES string of the molecule is O=C1CC(C(F)(F)F)CC1=O. The van der Waals surface area contributed by atoms with Gasteiger partial charge in [-0.1, -0.05) is 0 Å². The average molecular weight is 166 g/mol. The largest absolute Gasteiger partial charge is 0.392 e. The van der Waals surface area contributed by atoms with Crippen LogP contribution in [0.25, 0.3) is 0 Å². The number of Topliss-reactive ketones (excluding diaryl/α,β-unsaturated/α-hetero) is 2. The molecule has 0 N–H and O–H groups in total. The predicted octanol–water partition coefficient (Wildman–Crippen LogP) is 1.10. The third-order valence-corrected chi connectivity index (χ3v) is 1.64. The van der Waals surface area contributed by atoms with Crippen molar-refractivity contribution >= 4 is 11.6 Å². The van der Waals surface area contributed by atoms with E-state index in [2.05, 4.69) is 0 Å². The molecule has 1 saturated carbocycles. The van der Waals surface area contributed by atoms with E-state index in [0.717, 1.165) is 0 Å². The van der Waals surface area contributed by atoms with Crippen LogP contribution in [0.15, 0.2) is 0 Å². The first-order valence-electron chi connectivity index (χ1n) is 3.04. The van der Waals surface area contributed by atoms with Gasteiger partial charge in [-0.25, -0.2) is 0 Å². The molecule has 0 spiro atoms. The van der Waals surface area contributed by atoms with Gasteiger partial charge >= 0.3 is 6.18 Å². The van der Waals surface area contributed by atoms with Gasteiger partial charge in [0, 0.05) is 12.8 Å². The van der Waals surface area contributed by atoms with Gasteiger partial charge in [0.15, 0.2) is 11.6 Å². The van der Waals surface area contributed by atoms with Crippen molar-refractivity contribution < 1.29 is 22.8 Å². The fourth-order valence-electron chi connectivity index (χ4n) is 0.979. The zero-order valence-corrected chi connectivity index (χ0v) is 5.44. The summed E-state index contributed by atoms with van der Waals surface area (Å²) in [7, 11) is 0. The van der Waals surface area contributed by atoms with E-state index in [1.54, 1.807) is 0 Å². The molecule has 0 aliphatic heterocycles. The zero-order valence-electron chi connectivity index (χ0n) is 5.44. The van der Waals surface area contributed by atoms with Crippen LogP contribution in [-0.2, 0) is 9.59 Å². The zero-order chi connectivity index (χ0) is 8.65. The molecule has 5 heteroatoms. The van der Waals surface area contributed by atoms with Crippen LogP contribution in [0.3, 0.4) is 0 Å². The van der Waals surface area contributed by atoms with Crippen LogP contribution < -0.4 is 0 Å². The van der Waals surface area contributed by atoms with E-state index in [1.807, 2.05) is 0 Å². The summed E-state index contributed by atoms with van der Waals surface area (Å²) in [4.78, 5) is 20.8. The normalized spacial score (nSPS) is 21.4. The van der Waals surface area contributed by atoms with Crippen LogP contribution in [0.2, 0.25) is 0 Å². The van der Waals surface area contributed by atoms with Gasteiger partial charge in [0.1, 0.15) is 0 Å². The molecule has 0 aromatic heterocycles. The Hall–Kier alpha value is -0.870. The first-order valence-corrected chi connectivity index (χ1v) is 3.04. The Morgan fingerprint density at radius 1 is 1.09 bits per heavy atom. The lowest BCUT2D eigenvalue weighted by Gasteiger charge is -2.10. The summed E-state index contributed by atoms with van der Waals surface area (Å²) in [5.41, 5.74) is 0. The Labute approximate surface area is 60.4 Å². The maximum absolute atomic E-state index is 11.8. The van der Waals surface area contributed by atoms with Gasteiger partial charge in [-0.2, -0.15) is 13.2 Å². The summed E-state index contributed by atoms with van der Waals surface area (Å²) in [6.45, 7) is 0. The molecular formula is C6H5F3O2. The maximum atomic E-state index is 11.8. The third-order valence-electron chi connectivity index (χ3n) is 1.64. The second kappa shape index (κ2) is 2.32. The maximum Gasteiger partial charge on any atom is 0.392 e. The van der Waals surface area contributed by atoms with Crippen molar-refractivity contribution in [2.75, 3.05) is 0 Å². The van der Waals surface area contributed by atoms with E-state index >= 15 is 0 Å². The molecule has 1 rings (SSSR count). The molecule has 0 aromatic rings. The van der Waals surface area contributed by atoms with Crippen LogP contribution in [0.1, 0.15) is 12.8 Å². The molecule has 0 atom stereocenters. The number of hydrogen-bond acceptors (Lipinski definition) is 2. The van der Waals surface area contributed by atoms with Crippen molar-refractivity contribution in [3.8, 4) is 0 Å². The Balaban J connectivity index is 2.68. The van der Waals surface area contributed by atoms with E-state index in [9.17, 15) is 22.8 Å². The molecule has 1 aliphatic rings. The lowest BCUT2D eigenvalue weighted by Crippen LogP contribution is -2.20. The minimum atomic E-state index is -4.40. The van der Waals surface area contributed by atoms with Crippen molar-refractivity contribution in [3.05, 3.63) is 0 Å². The molecule has 0 amide bonds. The minimum Gasteiger partial charge on any atom is -0.291 e. The number of rotatable bonds is 0. The van der Waals surface area contributed by atoms with Crippen molar-refractivity contribution in [1.29, 1.82) is 0 Å². The summed E-state index contributed by atoms with van der Waals surface area (Å²) in [6, 6.07) is 0. The molecule has 2 nitrogen and oxygen atoms in total. The summed E-state index contributed by atoms with van der Waals surface area (Å²) in [5, 5.41) is 0. The van der Waals surface area contributed by atoms with E-state index < -0.39 is 36.5 Å². The molecule has 11 heavy (non-hydrogen) atoms. The summed E-state index contributed by atoms with van der Waals surface area (Å²) in [5.74, 6) is -3.53. The van der Waals surface area contributed by atoms with Gasteiger partial charge in [0.2, 0.25) is 0 Å². The first-order chi connectivity index (χ1) is 4.91. The molecule has 0 saturated heterocycles. The lowest BCUT2D eigenvalue weighted by molar-refractivity contribution is -0.173. The molecule has 0 aromatic carbocycles. The number of carbonyl (C=O) groups excluding carboxylic acids is 2. The molecule has 0 radical (unpaired) electrons. The van der Waals surface area contributed by atoms with Gasteiger partial charge in [-0.05, 0) is 0 Å². The number of ketones is 2. The standard InChI is InChI=1S/C6H5F3O2/c7-6(8,9)3-1-4(10)5(11)2-3/h3H,1-2H2. The predicted molar refractivity (Wildman–Crippen MR) is 28.8 cm³/mol. The molecular weight excluding hydrogens is 161 g/mol. The van der Waals surface area contributed by atoms with Crippen molar-refractivity contribution in [1.82, 2.24) is 0 Å². The van der Waals surface area contributed by atoms with E-state index in [0.29, 0.717) is 0 Å². The summed E-state index contributed by atoms with van der Waals surface area (Å²) >= 11 is 0. The molecule has 0 heterocycles. The van der Waals surface area contributed by atoms with Gasteiger partial charge < -0.3 is 0 Å². The molecule has 62 valence electrons. The highest BCUT2D eigenvalue weighted by Gasteiger charge is 2.47. The quantitative estimate of drug-likeness (QED) is 0.505. The Bertz CT molecular complexity index is 190. The van der Waals surface area contributed by atoms with Gasteiger partial charge in [-0.3, -0.25) is 9.59 Å². The second-order valence-corrected chi connectivity index (χ2v) is 2.49. The fourth-order valence-corrected chi connectivity index (χ4v) is 0.979. The minimum absolute atomic E-state index is 0.664. The van der Waals surface area contributed by atoms with Gasteiger partial charge in [0.05, 0.1) is 5.92 Å². The van der Waals surface area contributed by atoms with Gasteiger partial charge in [0.25, 0.3) is 0 Å². The Morgan fingerprint density at radius 3 is 1.64 bits per heavy atom. The van der Waals surface area contributed by atoms with Gasteiger partial charge in [-0.15, -0.1) is 0 Å². The smallest absolute Gasteiger partial charge is 0.291 e. The lowest BCUT2D eigenvalue weighted by atomic mass is 10.1. The monoisotopic (exact) mass is 166 g/mol. The first kappa shape index (κ1) is 8.23. The number of carbonyl (C=O) groups is 2. The molecule has 0 bridgehead atoms. The fraction of sp³-hybridized carbons (Fsp3) is 0.667. The third kappa shape index (κ3) is 1.58. The van der Waals surface area contributed by atoms with Crippen LogP contribution in [0.5, 0.6) is 0 Å². The van der Waals surface area contributed by atoms with Crippen molar-refractivity contribution in [3.63, 3.8) is 0 Å². The second-order valence-electron chi connectivity index (χ2n) is 2.49. The Kier molecular flexibility index (Phi) is 1.74. The van der Waals surface area contributed by atoms with Crippen LogP contribution >= 0.6 is 0 Å². The van der Waals surface area contributed by atoms with Crippen LogP contribution in [0.4, 0.5) is 13.2 Å². The average Bonchev–Trinajstić information content (AvgIpc) is 2.11. The molecule has 0 unspecified atom stereocenters. The number of hydrogen-bond donors (Lipinski definition) is 0. The van der Waals surface area contributed by atoms with Crippen molar-refractivity contribution in [2.24, 2.45) is 5.92 Å². The van der Waals surface area contributed by atoms with Crippen LogP contribution in [-0.4, -0.2) is 17.7 Å². The summed E-state index contributed by atoms with van der Waals surface area (Å²) < 4.78 is 35.4. The summed E-state index contributed by atoms with van der Waals surface area (Å²) in [6.07, 6.45) is -5.73. The van der Waals surface area contributed by atoms with E-state index in [-0.39, 0.29) is 0 Å². The number of alkyl halides is 3. The topological polar surface area (TPSA) is 34.1 Å². The number of halogens is 3. The molecule has 1 fully saturated rings. The van der Waals surface area contributed by atoms with E-state index in [1.165, 1.54) is 0 Å². The highest BCUT2D eigenvalue weighted by Crippen LogP contribution is 2.35. The molecule has 1 aliphatic carbocycles. The highest BCUT2D eigenvalue weighted by molar-refractivity contribution is 6.39.